The molecule has 0 saturated carbocycles. The fourth-order valence-corrected chi connectivity index (χ4v) is 1.63. The molecule has 0 aliphatic carbocycles. The second kappa shape index (κ2) is 5.26. The normalized spacial score (nSPS) is 10.6. The standard InChI is InChI=1S/C12H18ClN/c1-9(2)7-8-14-12-10(3)5-4-6-11(12)13/h4-6,9,14H,7-8H2,1-3H3. The first-order valence-corrected chi connectivity index (χ1v) is 5.48. The van der Waals surface area contributed by atoms with E-state index in [4.69, 9.17) is 11.6 Å². The van der Waals surface area contributed by atoms with E-state index in [0.29, 0.717) is 0 Å². The largest absolute Gasteiger partial charge is 0.384 e. The number of benzene rings is 1. The first-order chi connectivity index (χ1) is 6.61. The van der Waals surface area contributed by atoms with Crippen molar-refractivity contribution in [3.05, 3.63) is 28.8 Å². The molecule has 14 heavy (non-hydrogen) atoms. The summed E-state index contributed by atoms with van der Waals surface area (Å²) in [5.41, 5.74) is 2.29. The van der Waals surface area contributed by atoms with Gasteiger partial charge in [-0.2, -0.15) is 0 Å². The molecule has 0 aromatic heterocycles. The molecule has 0 radical (unpaired) electrons. The fraction of sp³-hybridized carbons (Fsp3) is 0.500. The van der Waals surface area contributed by atoms with E-state index < -0.39 is 0 Å². The van der Waals surface area contributed by atoms with Gasteiger partial charge in [0.05, 0.1) is 10.7 Å². The molecule has 0 bridgehead atoms. The van der Waals surface area contributed by atoms with Gasteiger partial charge >= 0.3 is 0 Å². The van der Waals surface area contributed by atoms with E-state index in [1.807, 2.05) is 12.1 Å². The smallest absolute Gasteiger partial charge is 0.0640 e. The molecule has 2 heteroatoms. The van der Waals surface area contributed by atoms with Crippen LogP contribution in [-0.2, 0) is 0 Å². The van der Waals surface area contributed by atoms with Crippen molar-refractivity contribution in [2.75, 3.05) is 11.9 Å². The summed E-state index contributed by atoms with van der Waals surface area (Å²) in [5, 5.41) is 4.19. The lowest BCUT2D eigenvalue weighted by atomic mass is 10.1. The average molecular weight is 212 g/mol. The van der Waals surface area contributed by atoms with Crippen molar-refractivity contribution in [2.24, 2.45) is 5.92 Å². The van der Waals surface area contributed by atoms with E-state index in [2.05, 4.69) is 32.2 Å². The summed E-state index contributed by atoms with van der Waals surface area (Å²) in [5.74, 6) is 0.727. The first kappa shape index (κ1) is 11.4. The average Bonchev–Trinajstić information content (AvgIpc) is 2.09. The number of hydrogen-bond donors (Lipinski definition) is 1. The first-order valence-electron chi connectivity index (χ1n) is 5.10. The quantitative estimate of drug-likeness (QED) is 0.791. The highest BCUT2D eigenvalue weighted by Crippen LogP contribution is 2.25. The maximum absolute atomic E-state index is 6.08. The Labute approximate surface area is 91.5 Å². The van der Waals surface area contributed by atoms with Crippen LogP contribution in [0, 0.1) is 12.8 Å². The van der Waals surface area contributed by atoms with Crippen molar-refractivity contribution in [1.82, 2.24) is 0 Å². The van der Waals surface area contributed by atoms with Gasteiger partial charge < -0.3 is 5.32 Å². The summed E-state index contributed by atoms with van der Waals surface area (Å²) >= 11 is 6.08. The van der Waals surface area contributed by atoms with E-state index in [9.17, 15) is 0 Å². The Morgan fingerprint density at radius 3 is 2.64 bits per heavy atom. The summed E-state index contributed by atoms with van der Waals surface area (Å²) in [6, 6.07) is 5.97. The topological polar surface area (TPSA) is 12.0 Å². The molecule has 0 atom stereocenters. The van der Waals surface area contributed by atoms with Crippen LogP contribution in [0.15, 0.2) is 18.2 Å². The third-order valence-electron chi connectivity index (χ3n) is 2.25. The summed E-state index contributed by atoms with van der Waals surface area (Å²) < 4.78 is 0. The van der Waals surface area contributed by atoms with E-state index in [1.54, 1.807) is 0 Å². The number of halogens is 1. The van der Waals surface area contributed by atoms with E-state index in [0.717, 1.165) is 23.2 Å². The minimum atomic E-state index is 0.727. The Morgan fingerprint density at radius 1 is 1.36 bits per heavy atom. The monoisotopic (exact) mass is 211 g/mol. The highest BCUT2D eigenvalue weighted by molar-refractivity contribution is 6.33. The Balaban J connectivity index is 2.58. The molecule has 0 saturated heterocycles. The van der Waals surface area contributed by atoms with Gasteiger partial charge in [-0.1, -0.05) is 37.6 Å². The molecule has 1 rings (SSSR count). The number of nitrogens with one attached hydrogen (secondary N) is 1. The highest BCUT2D eigenvalue weighted by Gasteiger charge is 2.02. The van der Waals surface area contributed by atoms with Crippen LogP contribution in [0.1, 0.15) is 25.8 Å². The molecule has 1 N–H and O–H groups in total. The highest BCUT2D eigenvalue weighted by atomic mass is 35.5. The lowest BCUT2D eigenvalue weighted by Crippen LogP contribution is -2.06. The molecule has 78 valence electrons. The minimum absolute atomic E-state index is 0.727. The molecule has 0 unspecified atom stereocenters. The van der Waals surface area contributed by atoms with E-state index in [-0.39, 0.29) is 0 Å². The zero-order chi connectivity index (χ0) is 10.6. The molecule has 1 aromatic carbocycles. The second-order valence-corrected chi connectivity index (χ2v) is 4.45. The van der Waals surface area contributed by atoms with Gasteiger partial charge in [0, 0.05) is 6.54 Å². The van der Waals surface area contributed by atoms with E-state index >= 15 is 0 Å². The van der Waals surface area contributed by atoms with Crippen LogP contribution in [0.2, 0.25) is 5.02 Å². The zero-order valence-electron chi connectivity index (χ0n) is 9.10. The predicted molar refractivity (Wildman–Crippen MR) is 64.1 cm³/mol. The Morgan fingerprint density at radius 2 is 2.07 bits per heavy atom. The second-order valence-electron chi connectivity index (χ2n) is 4.04. The molecule has 0 aliphatic heterocycles. The van der Waals surface area contributed by atoms with Crippen LogP contribution in [0.4, 0.5) is 5.69 Å². The summed E-state index contributed by atoms with van der Waals surface area (Å²) in [7, 11) is 0. The van der Waals surface area contributed by atoms with Crippen molar-refractivity contribution in [2.45, 2.75) is 27.2 Å². The summed E-state index contributed by atoms with van der Waals surface area (Å²) in [6.45, 7) is 7.51. The van der Waals surface area contributed by atoms with Crippen LogP contribution in [-0.4, -0.2) is 6.54 Å². The van der Waals surface area contributed by atoms with Gasteiger partial charge in [-0.05, 0) is 30.9 Å². The van der Waals surface area contributed by atoms with Crippen LogP contribution >= 0.6 is 11.6 Å². The Bertz CT molecular complexity index is 274. The van der Waals surface area contributed by atoms with Crippen LogP contribution in [0.25, 0.3) is 0 Å². The SMILES string of the molecule is Cc1cccc(Cl)c1NCCC(C)C. The molecule has 0 heterocycles. The number of rotatable bonds is 4. The minimum Gasteiger partial charge on any atom is -0.384 e. The molecule has 0 aliphatic rings. The van der Waals surface area contributed by atoms with Crippen LogP contribution in [0.5, 0.6) is 0 Å². The predicted octanol–water partition coefficient (Wildman–Crippen LogP) is 4.11. The Kier molecular flexibility index (Phi) is 4.27. The van der Waals surface area contributed by atoms with Crippen molar-refractivity contribution >= 4 is 17.3 Å². The molecular weight excluding hydrogens is 194 g/mol. The van der Waals surface area contributed by atoms with Crippen molar-refractivity contribution in [3.63, 3.8) is 0 Å². The molecule has 0 spiro atoms. The third-order valence-corrected chi connectivity index (χ3v) is 2.56. The maximum Gasteiger partial charge on any atom is 0.0640 e. The van der Waals surface area contributed by atoms with Crippen molar-refractivity contribution in [3.8, 4) is 0 Å². The lowest BCUT2D eigenvalue weighted by Gasteiger charge is -2.12. The number of anilines is 1. The lowest BCUT2D eigenvalue weighted by molar-refractivity contribution is 0.607. The number of aryl methyl sites for hydroxylation is 1. The van der Waals surface area contributed by atoms with Crippen molar-refractivity contribution in [1.29, 1.82) is 0 Å². The van der Waals surface area contributed by atoms with E-state index in [1.165, 1.54) is 12.0 Å². The van der Waals surface area contributed by atoms with Crippen LogP contribution < -0.4 is 5.32 Å². The van der Waals surface area contributed by atoms with Gasteiger partial charge in [0.2, 0.25) is 0 Å². The molecule has 0 amide bonds. The van der Waals surface area contributed by atoms with Gasteiger partial charge in [-0.3, -0.25) is 0 Å². The van der Waals surface area contributed by atoms with Gasteiger partial charge in [-0.15, -0.1) is 0 Å². The molecule has 0 fully saturated rings. The van der Waals surface area contributed by atoms with Crippen molar-refractivity contribution < 1.29 is 0 Å². The fourth-order valence-electron chi connectivity index (χ4n) is 1.34. The third kappa shape index (κ3) is 3.22. The molecule has 1 aromatic rings. The molecule has 1 nitrogen and oxygen atoms in total. The van der Waals surface area contributed by atoms with Gasteiger partial charge in [0.1, 0.15) is 0 Å². The molecular formula is C12H18ClN. The zero-order valence-corrected chi connectivity index (χ0v) is 9.86. The summed E-state index contributed by atoms with van der Waals surface area (Å²) in [6.07, 6.45) is 1.17. The van der Waals surface area contributed by atoms with Gasteiger partial charge in [-0.25, -0.2) is 0 Å². The number of hydrogen-bond acceptors (Lipinski definition) is 1. The van der Waals surface area contributed by atoms with Gasteiger partial charge in [0.25, 0.3) is 0 Å². The van der Waals surface area contributed by atoms with Crippen LogP contribution in [0.3, 0.4) is 0 Å². The summed E-state index contributed by atoms with van der Waals surface area (Å²) in [4.78, 5) is 0. The Hall–Kier alpha value is -0.690. The van der Waals surface area contributed by atoms with Gasteiger partial charge in [0.15, 0.2) is 0 Å². The number of para-hydroxylation sites is 1. The maximum atomic E-state index is 6.08.